The summed E-state index contributed by atoms with van der Waals surface area (Å²) in [5, 5.41) is 11.6. The van der Waals surface area contributed by atoms with E-state index in [0.717, 1.165) is 19.3 Å². The standard InChI is InChI=1S/C13H26N2O3/c1-6-8-9-10(11(16)17)14-12(18)15(5)13(3,4)7-2/h10H,6-9H2,1-5H3,(H,14,18)(H,16,17)/t10-/m0/s1. The lowest BCUT2D eigenvalue weighted by molar-refractivity contribution is -0.139. The molecule has 0 aliphatic heterocycles. The third-order valence-electron chi connectivity index (χ3n) is 3.52. The highest BCUT2D eigenvalue weighted by molar-refractivity contribution is 5.82. The van der Waals surface area contributed by atoms with Crippen LogP contribution < -0.4 is 5.32 Å². The second-order valence-corrected chi connectivity index (χ2v) is 5.21. The summed E-state index contributed by atoms with van der Waals surface area (Å²) in [5.74, 6) is -0.973. The molecule has 0 rings (SSSR count). The van der Waals surface area contributed by atoms with Crippen LogP contribution in [0, 0.1) is 0 Å². The smallest absolute Gasteiger partial charge is 0.326 e. The molecule has 0 aliphatic rings. The van der Waals surface area contributed by atoms with Crippen molar-refractivity contribution in [3.8, 4) is 0 Å². The highest BCUT2D eigenvalue weighted by Crippen LogP contribution is 2.16. The van der Waals surface area contributed by atoms with Gasteiger partial charge < -0.3 is 15.3 Å². The van der Waals surface area contributed by atoms with Gasteiger partial charge in [-0.3, -0.25) is 0 Å². The minimum absolute atomic E-state index is 0.280. The van der Waals surface area contributed by atoms with Crippen molar-refractivity contribution in [2.45, 2.75) is 65.0 Å². The first-order valence-electron chi connectivity index (χ1n) is 6.53. The summed E-state index contributed by atoms with van der Waals surface area (Å²) in [6.07, 6.45) is 2.98. The van der Waals surface area contributed by atoms with E-state index in [1.54, 1.807) is 11.9 Å². The van der Waals surface area contributed by atoms with E-state index >= 15 is 0 Å². The summed E-state index contributed by atoms with van der Waals surface area (Å²) < 4.78 is 0. The molecule has 5 heteroatoms. The van der Waals surface area contributed by atoms with Crippen molar-refractivity contribution in [1.29, 1.82) is 0 Å². The third-order valence-corrected chi connectivity index (χ3v) is 3.52. The molecule has 0 unspecified atom stereocenters. The van der Waals surface area contributed by atoms with Crippen LogP contribution in [0.5, 0.6) is 0 Å². The third kappa shape index (κ3) is 4.94. The molecule has 0 aromatic rings. The van der Waals surface area contributed by atoms with Crippen LogP contribution in [0.25, 0.3) is 0 Å². The second kappa shape index (κ2) is 7.24. The highest BCUT2D eigenvalue weighted by Gasteiger charge is 2.28. The molecule has 0 saturated heterocycles. The highest BCUT2D eigenvalue weighted by atomic mass is 16.4. The number of nitrogens with zero attached hydrogens (tertiary/aromatic N) is 1. The molecule has 0 fully saturated rings. The van der Waals surface area contributed by atoms with Crippen molar-refractivity contribution in [2.75, 3.05) is 7.05 Å². The maximum Gasteiger partial charge on any atom is 0.326 e. The Morgan fingerprint density at radius 2 is 1.89 bits per heavy atom. The van der Waals surface area contributed by atoms with Gasteiger partial charge in [-0.05, 0) is 26.7 Å². The van der Waals surface area contributed by atoms with Gasteiger partial charge in [-0.15, -0.1) is 0 Å². The van der Waals surface area contributed by atoms with Gasteiger partial charge in [0.2, 0.25) is 0 Å². The van der Waals surface area contributed by atoms with Crippen LogP contribution in [0.1, 0.15) is 53.4 Å². The average molecular weight is 258 g/mol. The number of hydrogen-bond donors (Lipinski definition) is 2. The normalized spacial score (nSPS) is 12.9. The first-order valence-corrected chi connectivity index (χ1v) is 6.53. The van der Waals surface area contributed by atoms with Crippen LogP contribution in [-0.4, -0.2) is 40.6 Å². The molecule has 106 valence electrons. The van der Waals surface area contributed by atoms with Crippen molar-refractivity contribution >= 4 is 12.0 Å². The van der Waals surface area contributed by atoms with Crippen LogP contribution in [0.3, 0.4) is 0 Å². The fraction of sp³-hybridized carbons (Fsp3) is 0.846. The second-order valence-electron chi connectivity index (χ2n) is 5.21. The van der Waals surface area contributed by atoms with Crippen molar-refractivity contribution in [3.05, 3.63) is 0 Å². The SMILES string of the molecule is CCCC[C@H](NC(=O)N(C)C(C)(C)CC)C(=O)O. The fourth-order valence-electron chi connectivity index (χ4n) is 1.42. The van der Waals surface area contributed by atoms with E-state index in [1.165, 1.54) is 0 Å². The van der Waals surface area contributed by atoms with Crippen molar-refractivity contribution < 1.29 is 14.7 Å². The molecule has 1 atom stereocenters. The predicted molar refractivity (Wildman–Crippen MR) is 71.6 cm³/mol. The van der Waals surface area contributed by atoms with Crippen molar-refractivity contribution in [3.63, 3.8) is 0 Å². The number of carboxylic acid groups (broad SMARTS) is 1. The zero-order valence-corrected chi connectivity index (χ0v) is 12.1. The molecule has 0 saturated carbocycles. The fourth-order valence-corrected chi connectivity index (χ4v) is 1.42. The number of rotatable bonds is 7. The Morgan fingerprint density at radius 3 is 2.28 bits per heavy atom. The Bertz CT molecular complexity index is 290. The summed E-state index contributed by atoms with van der Waals surface area (Å²) in [7, 11) is 1.69. The minimum Gasteiger partial charge on any atom is -0.480 e. The van der Waals surface area contributed by atoms with Gasteiger partial charge in [0.1, 0.15) is 6.04 Å². The average Bonchev–Trinajstić information content (AvgIpc) is 2.32. The largest absolute Gasteiger partial charge is 0.480 e. The molecule has 0 aromatic heterocycles. The zero-order chi connectivity index (χ0) is 14.3. The zero-order valence-electron chi connectivity index (χ0n) is 12.1. The first-order chi connectivity index (χ1) is 8.26. The van der Waals surface area contributed by atoms with Gasteiger partial charge in [0.05, 0.1) is 0 Å². The maximum atomic E-state index is 12.0. The van der Waals surface area contributed by atoms with E-state index in [-0.39, 0.29) is 11.6 Å². The molecule has 0 aliphatic carbocycles. The lowest BCUT2D eigenvalue weighted by Gasteiger charge is -2.35. The molecule has 0 heterocycles. The van der Waals surface area contributed by atoms with Crippen LogP contribution in [0.2, 0.25) is 0 Å². The Hall–Kier alpha value is -1.26. The lowest BCUT2D eigenvalue weighted by atomic mass is 10.0. The molecular formula is C13H26N2O3. The van der Waals surface area contributed by atoms with Gasteiger partial charge >= 0.3 is 12.0 Å². The predicted octanol–water partition coefficient (Wildman–Crippen LogP) is 2.46. The van der Waals surface area contributed by atoms with E-state index in [1.807, 2.05) is 27.7 Å². The monoisotopic (exact) mass is 258 g/mol. The van der Waals surface area contributed by atoms with E-state index in [2.05, 4.69) is 5.32 Å². The number of amides is 2. The van der Waals surface area contributed by atoms with Crippen molar-refractivity contribution in [2.24, 2.45) is 0 Å². The molecule has 5 nitrogen and oxygen atoms in total. The molecule has 0 spiro atoms. The molecular weight excluding hydrogens is 232 g/mol. The summed E-state index contributed by atoms with van der Waals surface area (Å²) >= 11 is 0. The quantitative estimate of drug-likeness (QED) is 0.737. The summed E-state index contributed by atoms with van der Waals surface area (Å²) in [6, 6.07) is -1.13. The van der Waals surface area contributed by atoms with Gasteiger partial charge in [0.25, 0.3) is 0 Å². The van der Waals surface area contributed by atoms with Crippen LogP contribution in [-0.2, 0) is 4.79 Å². The Balaban J connectivity index is 4.55. The van der Waals surface area contributed by atoms with E-state index in [9.17, 15) is 9.59 Å². The summed E-state index contributed by atoms with van der Waals surface area (Å²) in [4.78, 5) is 24.6. The molecule has 0 aromatic carbocycles. The Kier molecular flexibility index (Phi) is 6.73. The first kappa shape index (κ1) is 16.7. The van der Waals surface area contributed by atoms with Crippen LogP contribution in [0.4, 0.5) is 4.79 Å². The lowest BCUT2D eigenvalue weighted by Crippen LogP contribution is -2.53. The number of carbonyl (C=O) groups excluding carboxylic acids is 1. The van der Waals surface area contributed by atoms with Crippen molar-refractivity contribution in [1.82, 2.24) is 10.2 Å². The Labute approximate surface area is 110 Å². The molecule has 0 bridgehead atoms. The molecule has 0 radical (unpaired) electrons. The van der Waals surface area contributed by atoms with Gasteiger partial charge in [0, 0.05) is 12.6 Å². The van der Waals surface area contributed by atoms with Gasteiger partial charge in [-0.1, -0.05) is 26.7 Å². The van der Waals surface area contributed by atoms with Gasteiger partial charge in [0.15, 0.2) is 0 Å². The van der Waals surface area contributed by atoms with E-state index in [0.29, 0.717) is 6.42 Å². The topological polar surface area (TPSA) is 69.6 Å². The van der Waals surface area contributed by atoms with Gasteiger partial charge in [-0.25, -0.2) is 9.59 Å². The number of unbranched alkanes of at least 4 members (excludes halogenated alkanes) is 1. The molecule has 2 N–H and O–H groups in total. The maximum absolute atomic E-state index is 12.0. The molecule has 18 heavy (non-hydrogen) atoms. The summed E-state index contributed by atoms with van der Waals surface area (Å²) in [5.41, 5.74) is -0.280. The number of hydrogen-bond acceptors (Lipinski definition) is 2. The number of carbonyl (C=O) groups is 2. The number of nitrogens with one attached hydrogen (secondary N) is 1. The Morgan fingerprint density at radius 1 is 1.33 bits per heavy atom. The summed E-state index contributed by atoms with van der Waals surface area (Å²) in [6.45, 7) is 7.89. The number of urea groups is 1. The minimum atomic E-state index is -0.973. The number of carboxylic acids is 1. The van der Waals surface area contributed by atoms with E-state index < -0.39 is 12.0 Å². The van der Waals surface area contributed by atoms with Crippen LogP contribution in [0.15, 0.2) is 0 Å². The number of aliphatic carboxylic acids is 1. The van der Waals surface area contributed by atoms with E-state index in [4.69, 9.17) is 5.11 Å². The molecule has 2 amide bonds. The van der Waals surface area contributed by atoms with Gasteiger partial charge in [-0.2, -0.15) is 0 Å². The van der Waals surface area contributed by atoms with Crippen LogP contribution >= 0.6 is 0 Å².